The largest absolute Gasteiger partial charge is 0.465 e. The van der Waals surface area contributed by atoms with Gasteiger partial charge in [0.25, 0.3) is 0 Å². The van der Waals surface area contributed by atoms with Gasteiger partial charge in [0.1, 0.15) is 0 Å². The van der Waals surface area contributed by atoms with Gasteiger partial charge in [-0.25, -0.2) is 0 Å². The van der Waals surface area contributed by atoms with Crippen LogP contribution in [-0.4, -0.2) is 50.2 Å². The minimum Gasteiger partial charge on any atom is -0.465 e. The highest BCUT2D eigenvalue weighted by atomic mass is 16.5. The molecule has 0 aliphatic carbocycles. The zero-order valence-electron chi connectivity index (χ0n) is 9.63. The average molecular weight is 214 g/mol. The molecule has 4 heteroatoms. The molecule has 1 rings (SSSR count). The Labute approximate surface area is 92.0 Å². The first-order valence-corrected chi connectivity index (χ1v) is 5.91. The molecule has 0 atom stereocenters. The molecule has 1 aliphatic heterocycles. The van der Waals surface area contributed by atoms with Gasteiger partial charge in [0.2, 0.25) is 0 Å². The standard InChI is InChI=1S/C11H22N2O2/c1-2-15-11(14)10-12-6-5-9-13-7-3-4-8-13/h12H,2-10H2,1H3. The molecule has 15 heavy (non-hydrogen) atoms. The van der Waals surface area contributed by atoms with E-state index in [4.69, 9.17) is 4.74 Å². The van der Waals surface area contributed by atoms with Crippen molar-refractivity contribution in [2.75, 3.05) is 39.3 Å². The highest BCUT2D eigenvalue weighted by molar-refractivity contribution is 5.71. The summed E-state index contributed by atoms with van der Waals surface area (Å²) >= 11 is 0. The third-order valence-electron chi connectivity index (χ3n) is 2.60. The SMILES string of the molecule is CCOC(=O)CNCCCN1CCCC1. The van der Waals surface area contributed by atoms with E-state index in [1.54, 1.807) is 0 Å². The maximum atomic E-state index is 11.0. The van der Waals surface area contributed by atoms with Crippen LogP contribution in [-0.2, 0) is 9.53 Å². The topological polar surface area (TPSA) is 41.6 Å². The predicted molar refractivity (Wildman–Crippen MR) is 59.8 cm³/mol. The van der Waals surface area contributed by atoms with Gasteiger partial charge in [-0.15, -0.1) is 0 Å². The number of nitrogens with zero attached hydrogens (tertiary/aromatic N) is 1. The second-order valence-electron chi connectivity index (χ2n) is 3.88. The van der Waals surface area contributed by atoms with E-state index in [1.807, 2.05) is 6.92 Å². The van der Waals surface area contributed by atoms with Crippen molar-refractivity contribution in [2.24, 2.45) is 0 Å². The van der Waals surface area contributed by atoms with Crippen molar-refractivity contribution in [2.45, 2.75) is 26.2 Å². The number of carbonyl (C=O) groups is 1. The van der Waals surface area contributed by atoms with Gasteiger partial charge in [0.05, 0.1) is 13.2 Å². The van der Waals surface area contributed by atoms with E-state index in [-0.39, 0.29) is 5.97 Å². The van der Waals surface area contributed by atoms with E-state index >= 15 is 0 Å². The lowest BCUT2D eigenvalue weighted by molar-refractivity contribution is -0.141. The van der Waals surface area contributed by atoms with Crippen molar-refractivity contribution in [3.63, 3.8) is 0 Å². The molecule has 0 saturated carbocycles. The first kappa shape index (κ1) is 12.5. The number of hydrogen-bond acceptors (Lipinski definition) is 4. The normalized spacial score (nSPS) is 16.9. The van der Waals surface area contributed by atoms with Crippen LogP contribution in [0, 0.1) is 0 Å². The Morgan fingerprint density at radius 3 is 2.80 bits per heavy atom. The third-order valence-corrected chi connectivity index (χ3v) is 2.60. The van der Waals surface area contributed by atoms with Gasteiger partial charge in [0.15, 0.2) is 0 Å². The lowest BCUT2D eigenvalue weighted by atomic mass is 10.4. The van der Waals surface area contributed by atoms with Crippen LogP contribution in [0.3, 0.4) is 0 Å². The van der Waals surface area contributed by atoms with Gasteiger partial charge in [0, 0.05) is 0 Å². The van der Waals surface area contributed by atoms with Gasteiger partial charge in [-0.05, 0) is 52.4 Å². The van der Waals surface area contributed by atoms with Gasteiger partial charge in [-0.3, -0.25) is 4.79 Å². The molecule has 4 nitrogen and oxygen atoms in total. The Kier molecular flexibility index (Phi) is 6.36. The molecule has 1 heterocycles. The van der Waals surface area contributed by atoms with Crippen LogP contribution in [0.25, 0.3) is 0 Å². The van der Waals surface area contributed by atoms with E-state index < -0.39 is 0 Å². The van der Waals surface area contributed by atoms with Gasteiger partial charge >= 0.3 is 5.97 Å². The zero-order chi connectivity index (χ0) is 10.9. The molecule has 1 fully saturated rings. The Bertz CT molecular complexity index is 179. The molecule has 0 bridgehead atoms. The van der Waals surface area contributed by atoms with E-state index in [2.05, 4.69) is 10.2 Å². The molecule has 0 aromatic carbocycles. The van der Waals surface area contributed by atoms with Gasteiger partial charge in [-0.2, -0.15) is 0 Å². The molecular weight excluding hydrogens is 192 g/mol. The summed E-state index contributed by atoms with van der Waals surface area (Å²) in [6.45, 7) is 7.17. The fourth-order valence-corrected chi connectivity index (χ4v) is 1.84. The number of nitrogens with one attached hydrogen (secondary N) is 1. The molecule has 0 aromatic heterocycles. The summed E-state index contributed by atoms with van der Waals surface area (Å²) in [7, 11) is 0. The first-order valence-electron chi connectivity index (χ1n) is 5.91. The number of esters is 1. The molecule has 1 N–H and O–H groups in total. The maximum Gasteiger partial charge on any atom is 0.319 e. The second kappa shape index (κ2) is 7.65. The zero-order valence-corrected chi connectivity index (χ0v) is 9.63. The Balaban J connectivity index is 1.86. The molecule has 0 unspecified atom stereocenters. The summed E-state index contributed by atoms with van der Waals surface area (Å²) in [6.07, 6.45) is 3.80. The minimum absolute atomic E-state index is 0.154. The quantitative estimate of drug-likeness (QED) is 0.498. The van der Waals surface area contributed by atoms with Crippen LogP contribution >= 0.6 is 0 Å². The average Bonchev–Trinajstić information content (AvgIpc) is 2.70. The maximum absolute atomic E-state index is 11.0. The minimum atomic E-state index is -0.154. The van der Waals surface area contributed by atoms with E-state index in [0.29, 0.717) is 13.2 Å². The van der Waals surface area contributed by atoms with E-state index in [1.165, 1.54) is 25.9 Å². The summed E-state index contributed by atoms with van der Waals surface area (Å²) in [5.41, 5.74) is 0. The summed E-state index contributed by atoms with van der Waals surface area (Å²) in [6, 6.07) is 0. The molecule has 0 spiro atoms. The number of ether oxygens (including phenoxy) is 1. The fourth-order valence-electron chi connectivity index (χ4n) is 1.84. The lowest BCUT2D eigenvalue weighted by Crippen LogP contribution is -2.28. The van der Waals surface area contributed by atoms with Crippen LogP contribution in [0.2, 0.25) is 0 Å². The fraction of sp³-hybridized carbons (Fsp3) is 0.909. The summed E-state index contributed by atoms with van der Waals surface area (Å²) in [4.78, 5) is 13.4. The highest BCUT2D eigenvalue weighted by Crippen LogP contribution is 2.06. The van der Waals surface area contributed by atoms with E-state index in [9.17, 15) is 4.79 Å². The van der Waals surface area contributed by atoms with Crippen LogP contribution < -0.4 is 5.32 Å². The molecule has 1 saturated heterocycles. The molecule has 1 aliphatic rings. The molecule has 0 radical (unpaired) electrons. The Hall–Kier alpha value is -0.610. The van der Waals surface area contributed by atoms with Crippen LogP contribution in [0.4, 0.5) is 0 Å². The van der Waals surface area contributed by atoms with Gasteiger partial charge < -0.3 is 15.0 Å². The highest BCUT2D eigenvalue weighted by Gasteiger charge is 2.10. The Morgan fingerprint density at radius 2 is 2.13 bits per heavy atom. The summed E-state index contributed by atoms with van der Waals surface area (Å²) < 4.78 is 4.81. The van der Waals surface area contributed by atoms with Crippen molar-refractivity contribution in [3.05, 3.63) is 0 Å². The molecular formula is C11H22N2O2. The van der Waals surface area contributed by atoms with Gasteiger partial charge in [-0.1, -0.05) is 0 Å². The smallest absolute Gasteiger partial charge is 0.319 e. The number of carbonyl (C=O) groups excluding carboxylic acids is 1. The van der Waals surface area contributed by atoms with Crippen molar-refractivity contribution in [1.29, 1.82) is 0 Å². The summed E-state index contributed by atoms with van der Waals surface area (Å²) in [5, 5.41) is 3.09. The lowest BCUT2D eigenvalue weighted by Gasteiger charge is -2.13. The number of rotatable bonds is 7. The Morgan fingerprint density at radius 1 is 1.40 bits per heavy atom. The van der Waals surface area contributed by atoms with Crippen molar-refractivity contribution in [1.82, 2.24) is 10.2 Å². The second-order valence-corrected chi connectivity index (χ2v) is 3.88. The first-order chi connectivity index (χ1) is 7.33. The predicted octanol–water partition coefficient (Wildman–Crippen LogP) is 0.625. The number of likely N-dealkylation sites (tertiary alicyclic amines) is 1. The van der Waals surface area contributed by atoms with E-state index in [0.717, 1.165) is 19.5 Å². The van der Waals surface area contributed by atoms with Crippen LogP contribution in [0.15, 0.2) is 0 Å². The van der Waals surface area contributed by atoms with Crippen molar-refractivity contribution < 1.29 is 9.53 Å². The van der Waals surface area contributed by atoms with Crippen molar-refractivity contribution in [3.8, 4) is 0 Å². The van der Waals surface area contributed by atoms with Crippen LogP contribution in [0.1, 0.15) is 26.2 Å². The molecule has 0 amide bonds. The molecule has 0 aromatic rings. The molecule has 88 valence electrons. The summed E-state index contributed by atoms with van der Waals surface area (Å²) in [5.74, 6) is -0.154. The number of hydrogen-bond donors (Lipinski definition) is 1. The van der Waals surface area contributed by atoms with Crippen molar-refractivity contribution >= 4 is 5.97 Å². The van der Waals surface area contributed by atoms with Crippen LogP contribution in [0.5, 0.6) is 0 Å². The monoisotopic (exact) mass is 214 g/mol. The third kappa shape index (κ3) is 5.74.